The van der Waals surface area contributed by atoms with Crippen LogP contribution in [0.15, 0.2) is 42.5 Å². The topological polar surface area (TPSA) is 0 Å². The summed E-state index contributed by atoms with van der Waals surface area (Å²) in [5.74, 6) is 0.578. The Morgan fingerprint density at radius 1 is 0.920 bits per heavy atom. The van der Waals surface area contributed by atoms with Crippen LogP contribution in [-0.4, -0.2) is 0 Å². The molecule has 0 aliphatic heterocycles. The van der Waals surface area contributed by atoms with Crippen LogP contribution in [0.1, 0.15) is 75.8 Å². The summed E-state index contributed by atoms with van der Waals surface area (Å²) in [6, 6.07) is 5.45. The fourth-order valence-electron chi connectivity index (χ4n) is 3.31. The minimum atomic E-state index is -4.27. The molecule has 0 heterocycles. The minimum Gasteiger partial charge on any atom is -0.166 e. The molecule has 1 aliphatic rings. The first kappa shape index (κ1) is 19.8. The molecule has 0 saturated carbocycles. The van der Waals surface area contributed by atoms with Crippen molar-refractivity contribution >= 4 is 5.57 Å². The number of unbranched alkanes of at least 4 members (excludes halogenated alkanes) is 6. The van der Waals surface area contributed by atoms with Crippen LogP contribution < -0.4 is 0 Å². The molecule has 0 saturated heterocycles. The largest absolute Gasteiger partial charge is 0.416 e. The lowest BCUT2D eigenvalue weighted by molar-refractivity contribution is -0.137. The lowest BCUT2D eigenvalue weighted by Gasteiger charge is -2.17. The van der Waals surface area contributed by atoms with Gasteiger partial charge in [0.1, 0.15) is 0 Å². The number of alkyl halides is 3. The van der Waals surface area contributed by atoms with Gasteiger partial charge in [-0.1, -0.05) is 82.2 Å². The Morgan fingerprint density at radius 2 is 1.56 bits per heavy atom. The fraction of sp³-hybridized carbons (Fsp3) is 0.545. The second kappa shape index (κ2) is 9.84. The third-order valence-electron chi connectivity index (χ3n) is 4.91. The molecular weight excluding hydrogens is 321 g/mol. The summed E-state index contributed by atoms with van der Waals surface area (Å²) in [4.78, 5) is 0. The molecule has 0 bridgehead atoms. The second-order valence-corrected chi connectivity index (χ2v) is 7.00. The molecule has 0 N–H and O–H groups in total. The summed E-state index contributed by atoms with van der Waals surface area (Å²) >= 11 is 0. The van der Waals surface area contributed by atoms with E-state index in [1.54, 1.807) is 12.1 Å². The molecule has 0 fully saturated rings. The van der Waals surface area contributed by atoms with Crippen LogP contribution in [0.3, 0.4) is 0 Å². The number of hydrogen-bond donors (Lipinski definition) is 0. The lowest BCUT2D eigenvalue weighted by atomic mass is 9.89. The Balaban J connectivity index is 1.73. The molecule has 1 aliphatic carbocycles. The first-order valence-electron chi connectivity index (χ1n) is 9.56. The van der Waals surface area contributed by atoms with E-state index < -0.39 is 11.7 Å². The Kier molecular flexibility index (Phi) is 7.80. The van der Waals surface area contributed by atoms with Gasteiger partial charge in [-0.15, -0.1) is 0 Å². The van der Waals surface area contributed by atoms with Gasteiger partial charge < -0.3 is 0 Å². The van der Waals surface area contributed by atoms with Gasteiger partial charge in [0.25, 0.3) is 0 Å². The highest BCUT2D eigenvalue weighted by Gasteiger charge is 2.30. The third kappa shape index (κ3) is 6.72. The first-order chi connectivity index (χ1) is 12.0. The van der Waals surface area contributed by atoms with Gasteiger partial charge >= 0.3 is 6.18 Å². The average molecular weight is 350 g/mol. The Bertz CT molecular complexity index is 564. The maximum atomic E-state index is 12.6. The van der Waals surface area contributed by atoms with Gasteiger partial charge in [-0.05, 0) is 42.0 Å². The van der Waals surface area contributed by atoms with E-state index in [9.17, 15) is 13.2 Å². The van der Waals surface area contributed by atoms with Gasteiger partial charge in [0.2, 0.25) is 0 Å². The predicted octanol–water partition coefficient (Wildman–Crippen LogP) is 7.81. The summed E-state index contributed by atoms with van der Waals surface area (Å²) in [6.07, 6.45) is 13.7. The van der Waals surface area contributed by atoms with Crippen LogP contribution in [-0.2, 0) is 6.18 Å². The number of rotatable bonds is 9. The van der Waals surface area contributed by atoms with E-state index in [-0.39, 0.29) is 0 Å². The van der Waals surface area contributed by atoms with E-state index in [0.29, 0.717) is 5.92 Å². The van der Waals surface area contributed by atoms with Crippen LogP contribution in [0.2, 0.25) is 0 Å². The highest BCUT2D eigenvalue weighted by molar-refractivity contribution is 5.75. The normalized spacial score (nSPS) is 17.6. The molecule has 1 aromatic rings. The summed E-state index contributed by atoms with van der Waals surface area (Å²) in [7, 11) is 0. The Morgan fingerprint density at radius 3 is 2.12 bits per heavy atom. The van der Waals surface area contributed by atoms with Gasteiger partial charge in [-0.2, -0.15) is 13.2 Å². The van der Waals surface area contributed by atoms with E-state index in [1.807, 2.05) is 0 Å². The molecular formula is C22H29F3. The molecule has 1 aromatic carbocycles. The lowest BCUT2D eigenvalue weighted by Crippen LogP contribution is -2.04. The quantitative estimate of drug-likeness (QED) is 0.398. The average Bonchev–Trinajstić information content (AvgIpc) is 2.61. The molecule has 0 radical (unpaired) electrons. The van der Waals surface area contributed by atoms with Crippen LogP contribution in [0.25, 0.3) is 5.57 Å². The van der Waals surface area contributed by atoms with Crippen molar-refractivity contribution in [3.63, 3.8) is 0 Å². The van der Waals surface area contributed by atoms with E-state index in [4.69, 9.17) is 0 Å². The van der Waals surface area contributed by atoms with Crippen LogP contribution in [0.4, 0.5) is 13.2 Å². The Labute approximate surface area is 149 Å². The van der Waals surface area contributed by atoms with Gasteiger partial charge in [0.15, 0.2) is 0 Å². The van der Waals surface area contributed by atoms with Crippen molar-refractivity contribution < 1.29 is 13.2 Å². The fourth-order valence-corrected chi connectivity index (χ4v) is 3.31. The van der Waals surface area contributed by atoms with E-state index in [1.165, 1.54) is 51.4 Å². The number of halogens is 3. The molecule has 1 atom stereocenters. The summed E-state index contributed by atoms with van der Waals surface area (Å²) in [5, 5.41) is 0. The van der Waals surface area contributed by atoms with Crippen molar-refractivity contribution in [2.75, 3.05) is 0 Å². The standard InChI is InChI=1S/C22H29F3/c1-2-3-4-5-6-7-8-9-18-10-12-19(13-11-18)20-14-16-21(17-15-20)22(23,24)25/h10,12-18H,2-9,11H2,1H3. The van der Waals surface area contributed by atoms with Crippen molar-refractivity contribution in [3.8, 4) is 0 Å². The van der Waals surface area contributed by atoms with Gasteiger partial charge in [0.05, 0.1) is 5.56 Å². The van der Waals surface area contributed by atoms with Crippen LogP contribution >= 0.6 is 0 Å². The molecule has 3 heteroatoms. The molecule has 0 amide bonds. The molecule has 0 aromatic heterocycles. The van der Waals surface area contributed by atoms with E-state index in [2.05, 4.69) is 25.2 Å². The van der Waals surface area contributed by atoms with Gasteiger partial charge in [0, 0.05) is 0 Å². The van der Waals surface area contributed by atoms with Crippen molar-refractivity contribution in [1.29, 1.82) is 0 Å². The Hall–Kier alpha value is -1.51. The highest BCUT2D eigenvalue weighted by Crippen LogP contribution is 2.32. The third-order valence-corrected chi connectivity index (χ3v) is 4.91. The van der Waals surface area contributed by atoms with Crippen molar-refractivity contribution in [1.82, 2.24) is 0 Å². The zero-order chi connectivity index (χ0) is 18.1. The van der Waals surface area contributed by atoms with Crippen molar-refractivity contribution in [2.24, 2.45) is 5.92 Å². The van der Waals surface area contributed by atoms with Gasteiger partial charge in [-0.3, -0.25) is 0 Å². The zero-order valence-electron chi connectivity index (χ0n) is 15.1. The first-order valence-corrected chi connectivity index (χ1v) is 9.56. The van der Waals surface area contributed by atoms with Crippen molar-refractivity contribution in [2.45, 2.75) is 70.9 Å². The molecule has 2 rings (SSSR count). The highest BCUT2D eigenvalue weighted by atomic mass is 19.4. The molecule has 0 nitrogen and oxygen atoms in total. The maximum Gasteiger partial charge on any atom is 0.416 e. The summed E-state index contributed by atoms with van der Waals surface area (Å²) in [6.45, 7) is 2.24. The minimum absolute atomic E-state index is 0.578. The number of allylic oxidation sites excluding steroid dienone is 4. The summed E-state index contributed by atoms with van der Waals surface area (Å²) < 4.78 is 37.9. The van der Waals surface area contributed by atoms with E-state index in [0.717, 1.165) is 29.7 Å². The predicted molar refractivity (Wildman–Crippen MR) is 99.3 cm³/mol. The number of hydrogen-bond acceptors (Lipinski definition) is 0. The van der Waals surface area contributed by atoms with Crippen LogP contribution in [0.5, 0.6) is 0 Å². The van der Waals surface area contributed by atoms with Gasteiger partial charge in [-0.25, -0.2) is 0 Å². The zero-order valence-corrected chi connectivity index (χ0v) is 15.1. The van der Waals surface area contributed by atoms with Crippen molar-refractivity contribution in [3.05, 3.63) is 53.6 Å². The summed E-state index contributed by atoms with van der Waals surface area (Å²) in [5.41, 5.74) is 1.30. The number of benzene rings is 1. The van der Waals surface area contributed by atoms with Crippen LogP contribution in [0, 0.1) is 5.92 Å². The molecule has 0 spiro atoms. The maximum absolute atomic E-state index is 12.6. The molecule has 138 valence electrons. The SMILES string of the molecule is CCCCCCCCCC1C=CC(c2ccc(C(F)(F)F)cc2)=CC1. The van der Waals surface area contributed by atoms with E-state index >= 15 is 0 Å². The monoisotopic (exact) mass is 350 g/mol. The second-order valence-electron chi connectivity index (χ2n) is 7.00. The molecule has 1 unspecified atom stereocenters. The molecule has 25 heavy (non-hydrogen) atoms. The smallest absolute Gasteiger partial charge is 0.166 e.